The molecule has 5 heteroatoms. The monoisotopic (exact) mass is 315 g/mol. The SMILES string of the molecule is Cn1nccc1-c1ccccc1OC[C@@H](O)CN1CCCCC1. The standard InChI is InChI=1S/C18H25N3O2/c1-20-17(9-10-19-20)16-7-3-4-8-18(16)23-14-15(22)13-21-11-5-2-6-12-21/h3-4,7-10,15,22H,2,5-6,11-14H2,1H3/t15-/m0/s1. The molecule has 1 fully saturated rings. The van der Waals surface area contributed by atoms with Crippen LogP contribution < -0.4 is 4.74 Å². The Morgan fingerprint density at radius 1 is 1.17 bits per heavy atom. The van der Waals surface area contributed by atoms with Crippen molar-refractivity contribution in [3.63, 3.8) is 0 Å². The van der Waals surface area contributed by atoms with E-state index in [0.29, 0.717) is 13.2 Å². The molecule has 0 amide bonds. The number of piperidine rings is 1. The first-order valence-electron chi connectivity index (χ1n) is 8.34. The molecule has 1 atom stereocenters. The van der Waals surface area contributed by atoms with Gasteiger partial charge < -0.3 is 14.7 Å². The Morgan fingerprint density at radius 2 is 1.96 bits per heavy atom. The molecule has 1 aliphatic heterocycles. The molecule has 0 unspecified atom stereocenters. The second-order valence-corrected chi connectivity index (χ2v) is 6.16. The van der Waals surface area contributed by atoms with Crippen LogP contribution in [0.3, 0.4) is 0 Å². The number of aromatic nitrogens is 2. The topological polar surface area (TPSA) is 50.5 Å². The van der Waals surface area contributed by atoms with Gasteiger partial charge in [0.15, 0.2) is 0 Å². The number of hydrogen-bond acceptors (Lipinski definition) is 4. The van der Waals surface area contributed by atoms with Crippen LogP contribution in [-0.4, -0.2) is 52.1 Å². The Balaban J connectivity index is 1.61. The maximum Gasteiger partial charge on any atom is 0.128 e. The number of nitrogens with zero attached hydrogens (tertiary/aromatic N) is 3. The maximum absolute atomic E-state index is 10.3. The first kappa shape index (κ1) is 16.0. The number of aryl methyl sites for hydroxylation is 1. The lowest BCUT2D eigenvalue weighted by molar-refractivity contribution is 0.0619. The van der Waals surface area contributed by atoms with Gasteiger partial charge in [0.1, 0.15) is 18.5 Å². The largest absolute Gasteiger partial charge is 0.490 e. The minimum absolute atomic E-state index is 0.311. The van der Waals surface area contributed by atoms with Gasteiger partial charge in [-0.1, -0.05) is 18.6 Å². The van der Waals surface area contributed by atoms with Crippen molar-refractivity contribution >= 4 is 0 Å². The molecule has 3 rings (SSSR count). The summed E-state index contributed by atoms with van der Waals surface area (Å²) in [6.45, 7) is 3.17. The summed E-state index contributed by atoms with van der Waals surface area (Å²) in [5.41, 5.74) is 2.00. The molecular weight excluding hydrogens is 290 g/mol. The normalized spacial score (nSPS) is 17.1. The molecule has 0 bridgehead atoms. The first-order valence-corrected chi connectivity index (χ1v) is 8.34. The average Bonchev–Trinajstić information content (AvgIpc) is 3.00. The Labute approximate surface area is 137 Å². The molecule has 2 heterocycles. The van der Waals surface area contributed by atoms with Crippen LogP contribution >= 0.6 is 0 Å². The Morgan fingerprint density at radius 3 is 2.70 bits per heavy atom. The summed E-state index contributed by atoms with van der Waals surface area (Å²) in [5.74, 6) is 0.786. The zero-order valence-electron chi connectivity index (χ0n) is 13.7. The third-order valence-electron chi connectivity index (χ3n) is 4.33. The average molecular weight is 315 g/mol. The van der Waals surface area contributed by atoms with Crippen LogP contribution in [0.4, 0.5) is 0 Å². The zero-order valence-corrected chi connectivity index (χ0v) is 13.7. The van der Waals surface area contributed by atoms with Crippen molar-refractivity contribution in [2.75, 3.05) is 26.2 Å². The van der Waals surface area contributed by atoms with Crippen LogP contribution in [-0.2, 0) is 7.05 Å². The quantitative estimate of drug-likeness (QED) is 0.889. The summed E-state index contributed by atoms with van der Waals surface area (Å²) in [6, 6.07) is 9.86. The molecule has 1 aliphatic rings. The number of benzene rings is 1. The van der Waals surface area contributed by atoms with Crippen molar-refractivity contribution < 1.29 is 9.84 Å². The number of β-amino-alcohol motifs (C(OH)–C–C–N with tert-alkyl or cyclic N) is 1. The van der Waals surface area contributed by atoms with E-state index in [0.717, 1.165) is 30.1 Å². The van der Waals surface area contributed by atoms with Crippen LogP contribution in [0.2, 0.25) is 0 Å². The highest BCUT2D eigenvalue weighted by Gasteiger charge is 2.16. The van der Waals surface area contributed by atoms with Crippen molar-refractivity contribution in [2.24, 2.45) is 7.05 Å². The minimum atomic E-state index is -0.465. The summed E-state index contributed by atoms with van der Waals surface area (Å²) >= 11 is 0. The third-order valence-corrected chi connectivity index (χ3v) is 4.33. The summed E-state index contributed by atoms with van der Waals surface area (Å²) in [5, 5.41) is 14.5. The van der Waals surface area contributed by atoms with Crippen LogP contribution in [0.5, 0.6) is 5.75 Å². The Kier molecular flexibility index (Phi) is 5.31. The minimum Gasteiger partial charge on any atom is -0.490 e. The fraction of sp³-hybridized carbons (Fsp3) is 0.500. The molecule has 124 valence electrons. The fourth-order valence-electron chi connectivity index (χ4n) is 3.12. The van der Waals surface area contributed by atoms with E-state index in [4.69, 9.17) is 4.74 Å². The lowest BCUT2D eigenvalue weighted by atomic mass is 10.1. The van der Waals surface area contributed by atoms with Crippen LogP contribution in [0.15, 0.2) is 36.5 Å². The number of aliphatic hydroxyl groups excluding tert-OH is 1. The van der Waals surface area contributed by atoms with Gasteiger partial charge in [-0.05, 0) is 44.1 Å². The molecule has 1 N–H and O–H groups in total. The lowest BCUT2D eigenvalue weighted by Crippen LogP contribution is -2.38. The number of aliphatic hydroxyl groups is 1. The molecule has 1 aromatic heterocycles. The predicted molar refractivity (Wildman–Crippen MR) is 90.4 cm³/mol. The zero-order chi connectivity index (χ0) is 16.1. The molecule has 0 saturated carbocycles. The molecule has 0 radical (unpaired) electrons. The van der Waals surface area contributed by atoms with Crippen LogP contribution in [0, 0.1) is 0 Å². The molecule has 1 saturated heterocycles. The number of para-hydroxylation sites is 1. The van der Waals surface area contributed by atoms with E-state index in [1.807, 2.05) is 42.1 Å². The first-order chi connectivity index (χ1) is 11.2. The van der Waals surface area contributed by atoms with Gasteiger partial charge in [0.05, 0.1) is 5.69 Å². The highest BCUT2D eigenvalue weighted by Crippen LogP contribution is 2.29. The van der Waals surface area contributed by atoms with Gasteiger partial charge in [-0.15, -0.1) is 0 Å². The maximum atomic E-state index is 10.3. The second kappa shape index (κ2) is 7.62. The summed E-state index contributed by atoms with van der Waals surface area (Å²) < 4.78 is 7.73. The second-order valence-electron chi connectivity index (χ2n) is 6.16. The van der Waals surface area contributed by atoms with Crippen LogP contribution in [0.1, 0.15) is 19.3 Å². The number of likely N-dealkylation sites (tertiary alicyclic amines) is 1. The van der Waals surface area contributed by atoms with E-state index in [1.165, 1.54) is 19.3 Å². The van der Waals surface area contributed by atoms with E-state index < -0.39 is 6.10 Å². The molecule has 2 aromatic rings. The highest BCUT2D eigenvalue weighted by molar-refractivity contribution is 5.67. The molecule has 23 heavy (non-hydrogen) atoms. The van der Waals surface area contributed by atoms with Gasteiger partial charge in [0.2, 0.25) is 0 Å². The van der Waals surface area contributed by atoms with Crippen molar-refractivity contribution in [3.05, 3.63) is 36.5 Å². The summed E-state index contributed by atoms with van der Waals surface area (Å²) in [7, 11) is 1.91. The van der Waals surface area contributed by atoms with Gasteiger partial charge in [0, 0.05) is 25.4 Å². The van der Waals surface area contributed by atoms with E-state index in [9.17, 15) is 5.11 Å². The fourth-order valence-corrected chi connectivity index (χ4v) is 3.12. The van der Waals surface area contributed by atoms with E-state index in [1.54, 1.807) is 6.20 Å². The molecule has 1 aromatic carbocycles. The molecule has 0 spiro atoms. The van der Waals surface area contributed by atoms with Crippen molar-refractivity contribution in [3.8, 4) is 17.0 Å². The molecule has 5 nitrogen and oxygen atoms in total. The molecule has 0 aliphatic carbocycles. The van der Waals surface area contributed by atoms with Crippen molar-refractivity contribution in [2.45, 2.75) is 25.4 Å². The van der Waals surface area contributed by atoms with Gasteiger partial charge in [-0.2, -0.15) is 5.10 Å². The number of ether oxygens (including phenoxy) is 1. The summed E-state index contributed by atoms with van der Waals surface area (Å²) in [6.07, 6.45) is 5.08. The van der Waals surface area contributed by atoms with Crippen molar-refractivity contribution in [1.82, 2.24) is 14.7 Å². The highest BCUT2D eigenvalue weighted by atomic mass is 16.5. The van der Waals surface area contributed by atoms with E-state index >= 15 is 0 Å². The van der Waals surface area contributed by atoms with Crippen LogP contribution in [0.25, 0.3) is 11.3 Å². The van der Waals surface area contributed by atoms with E-state index in [2.05, 4.69) is 10.00 Å². The van der Waals surface area contributed by atoms with Crippen molar-refractivity contribution in [1.29, 1.82) is 0 Å². The Bertz CT molecular complexity index is 620. The smallest absolute Gasteiger partial charge is 0.128 e. The third kappa shape index (κ3) is 4.12. The van der Waals surface area contributed by atoms with Gasteiger partial charge in [-0.3, -0.25) is 4.68 Å². The lowest BCUT2D eigenvalue weighted by Gasteiger charge is -2.28. The molecular formula is C18H25N3O2. The summed E-state index contributed by atoms with van der Waals surface area (Å²) in [4.78, 5) is 2.32. The van der Waals surface area contributed by atoms with Gasteiger partial charge >= 0.3 is 0 Å². The number of hydrogen-bond donors (Lipinski definition) is 1. The Hall–Kier alpha value is -1.85. The predicted octanol–water partition coefficient (Wildman–Crippen LogP) is 2.31. The van der Waals surface area contributed by atoms with Gasteiger partial charge in [-0.25, -0.2) is 0 Å². The van der Waals surface area contributed by atoms with Gasteiger partial charge in [0.25, 0.3) is 0 Å². The number of rotatable bonds is 6. The van der Waals surface area contributed by atoms with E-state index in [-0.39, 0.29) is 0 Å².